The van der Waals surface area contributed by atoms with E-state index in [1.807, 2.05) is 6.07 Å². The van der Waals surface area contributed by atoms with Crippen LogP contribution < -0.4 is 0 Å². The molecule has 2 aliphatic carbocycles. The van der Waals surface area contributed by atoms with Crippen molar-refractivity contribution in [2.75, 3.05) is 0 Å². The summed E-state index contributed by atoms with van der Waals surface area (Å²) in [6.07, 6.45) is 18.7. The Morgan fingerprint density at radius 2 is 1.44 bits per heavy atom. The number of rotatable bonds is 5. The SMILES string of the molecule is CC=C[C@H]1CC[C@H](CC[C@H]2CC[C@H](c3ccc(Cl)c(Cl)c3)CC2)CC1. The lowest BCUT2D eigenvalue weighted by molar-refractivity contribution is 0.246. The maximum atomic E-state index is 6.19. The molecule has 0 aromatic heterocycles. The van der Waals surface area contributed by atoms with Crippen molar-refractivity contribution in [3.63, 3.8) is 0 Å². The van der Waals surface area contributed by atoms with Gasteiger partial charge in [0.05, 0.1) is 10.0 Å². The van der Waals surface area contributed by atoms with Crippen LogP contribution in [-0.4, -0.2) is 0 Å². The Labute approximate surface area is 164 Å². The molecule has 0 saturated heterocycles. The molecule has 1 aromatic carbocycles. The second kappa shape index (κ2) is 9.47. The molecule has 138 valence electrons. The largest absolute Gasteiger partial charge is 0.0914 e. The zero-order chi connectivity index (χ0) is 17.6. The van der Waals surface area contributed by atoms with Crippen molar-refractivity contribution in [1.29, 1.82) is 0 Å². The van der Waals surface area contributed by atoms with Crippen LogP contribution in [0.4, 0.5) is 0 Å². The topological polar surface area (TPSA) is 0 Å². The summed E-state index contributed by atoms with van der Waals surface area (Å²) in [6, 6.07) is 6.20. The lowest BCUT2D eigenvalue weighted by Gasteiger charge is -2.31. The fourth-order valence-corrected chi connectivity index (χ4v) is 5.27. The van der Waals surface area contributed by atoms with Crippen molar-refractivity contribution in [2.45, 2.75) is 77.0 Å². The molecule has 0 amide bonds. The van der Waals surface area contributed by atoms with Crippen LogP contribution in [0.25, 0.3) is 0 Å². The highest BCUT2D eigenvalue weighted by molar-refractivity contribution is 6.42. The van der Waals surface area contributed by atoms with Gasteiger partial charge in [-0.25, -0.2) is 0 Å². The summed E-state index contributed by atoms with van der Waals surface area (Å²) in [7, 11) is 0. The first-order valence-electron chi connectivity index (χ1n) is 10.2. The molecule has 0 spiro atoms. The fraction of sp³-hybridized carbons (Fsp3) is 0.652. The van der Waals surface area contributed by atoms with Gasteiger partial charge < -0.3 is 0 Å². The number of benzene rings is 1. The summed E-state index contributed by atoms with van der Waals surface area (Å²) >= 11 is 12.2. The Kier molecular flexibility index (Phi) is 7.31. The van der Waals surface area contributed by atoms with E-state index in [0.717, 1.165) is 17.8 Å². The average molecular weight is 379 g/mol. The molecule has 2 fully saturated rings. The quantitative estimate of drug-likeness (QED) is 0.450. The first kappa shape index (κ1) is 19.3. The summed E-state index contributed by atoms with van der Waals surface area (Å²) < 4.78 is 0. The fourth-order valence-electron chi connectivity index (χ4n) is 4.96. The molecule has 0 nitrogen and oxygen atoms in total. The molecular formula is C23H32Cl2. The van der Waals surface area contributed by atoms with Crippen LogP contribution in [0.1, 0.15) is 82.6 Å². The predicted molar refractivity (Wildman–Crippen MR) is 111 cm³/mol. The first-order chi connectivity index (χ1) is 12.2. The highest BCUT2D eigenvalue weighted by Crippen LogP contribution is 2.40. The Hall–Kier alpha value is -0.460. The molecule has 0 aliphatic heterocycles. The lowest BCUT2D eigenvalue weighted by atomic mass is 9.74. The Morgan fingerprint density at radius 3 is 2.00 bits per heavy atom. The molecule has 25 heavy (non-hydrogen) atoms. The third-order valence-electron chi connectivity index (χ3n) is 6.60. The molecule has 2 saturated carbocycles. The zero-order valence-corrected chi connectivity index (χ0v) is 17.0. The van der Waals surface area contributed by atoms with E-state index in [9.17, 15) is 0 Å². The second-order valence-electron chi connectivity index (χ2n) is 8.28. The molecule has 0 atom stereocenters. The van der Waals surface area contributed by atoms with Crippen molar-refractivity contribution in [1.82, 2.24) is 0 Å². The normalized spacial score (nSPS) is 30.7. The lowest BCUT2D eigenvalue weighted by Crippen LogP contribution is -2.17. The van der Waals surface area contributed by atoms with Gasteiger partial charge in [-0.15, -0.1) is 0 Å². The number of hydrogen-bond donors (Lipinski definition) is 0. The molecule has 2 aliphatic rings. The molecule has 0 N–H and O–H groups in total. The Bertz CT molecular complexity index is 561. The van der Waals surface area contributed by atoms with E-state index in [4.69, 9.17) is 23.2 Å². The predicted octanol–water partition coefficient (Wildman–Crippen LogP) is 8.43. The minimum atomic E-state index is 0.670. The minimum absolute atomic E-state index is 0.670. The maximum Gasteiger partial charge on any atom is 0.0595 e. The highest BCUT2D eigenvalue weighted by atomic mass is 35.5. The average Bonchev–Trinajstić information content (AvgIpc) is 2.64. The van der Waals surface area contributed by atoms with Crippen molar-refractivity contribution < 1.29 is 0 Å². The molecule has 0 radical (unpaired) electrons. The van der Waals surface area contributed by atoms with E-state index in [1.54, 1.807) is 0 Å². The van der Waals surface area contributed by atoms with Crippen molar-refractivity contribution >= 4 is 23.2 Å². The maximum absolute atomic E-state index is 6.19. The molecule has 1 aromatic rings. The van der Waals surface area contributed by atoms with Gasteiger partial charge in [-0.3, -0.25) is 0 Å². The van der Waals surface area contributed by atoms with Gasteiger partial charge in [0.2, 0.25) is 0 Å². The van der Waals surface area contributed by atoms with Gasteiger partial charge >= 0.3 is 0 Å². The highest BCUT2D eigenvalue weighted by Gasteiger charge is 2.25. The summed E-state index contributed by atoms with van der Waals surface area (Å²) in [5.41, 5.74) is 1.38. The van der Waals surface area contributed by atoms with E-state index < -0.39 is 0 Å². The number of hydrogen-bond acceptors (Lipinski definition) is 0. The van der Waals surface area contributed by atoms with Crippen LogP contribution in [0.3, 0.4) is 0 Å². The van der Waals surface area contributed by atoms with Crippen molar-refractivity contribution in [3.05, 3.63) is 46.0 Å². The van der Waals surface area contributed by atoms with Crippen LogP contribution in [-0.2, 0) is 0 Å². The summed E-state index contributed by atoms with van der Waals surface area (Å²) in [6.45, 7) is 2.15. The number of allylic oxidation sites excluding steroid dienone is 2. The number of halogens is 2. The summed E-state index contributed by atoms with van der Waals surface area (Å²) in [5, 5.41) is 1.37. The molecule has 0 bridgehead atoms. The third kappa shape index (κ3) is 5.51. The van der Waals surface area contributed by atoms with Crippen LogP contribution in [0.5, 0.6) is 0 Å². The van der Waals surface area contributed by atoms with Gasteiger partial charge in [0, 0.05) is 0 Å². The molecule has 0 unspecified atom stereocenters. The van der Waals surface area contributed by atoms with E-state index in [-0.39, 0.29) is 0 Å². The van der Waals surface area contributed by atoms with Crippen molar-refractivity contribution in [2.24, 2.45) is 17.8 Å². The molecular weight excluding hydrogens is 347 g/mol. The van der Waals surface area contributed by atoms with Crippen molar-refractivity contribution in [3.8, 4) is 0 Å². The molecule has 0 heterocycles. The van der Waals surface area contributed by atoms with Crippen LogP contribution in [0.15, 0.2) is 30.4 Å². The zero-order valence-electron chi connectivity index (χ0n) is 15.5. The smallest absolute Gasteiger partial charge is 0.0595 e. The van der Waals surface area contributed by atoms with E-state index in [0.29, 0.717) is 16.0 Å². The van der Waals surface area contributed by atoms with Gasteiger partial charge in [0.25, 0.3) is 0 Å². The monoisotopic (exact) mass is 378 g/mol. The van der Waals surface area contributed by atoms with Gasteiger partial charge in [-0.1, -0.05) is 54.3 Å². The van der Waals surface area contributed by atoms with E-state index >= 15 is 0 Å². The van der Waals surface area contributed by atoms with Gasteiger partial charge in [-0.05, 0) is 99.7 Å². The summed E-state index contributed by atoms with van der Waals surface area (Å²) in [4.78, 5) is 0. The third-order valence-corrected chi connectivity index (χ3v) is 7.34. The second-order valence-corrected chi connectivity index (χ2v) is 9.09. The Morgan fingerprint density at radius 1 is 0.840 bits per heavy atom. The standard InChI is InChI=1S/C23H32Cl2/c1-2-3-17-4-6-18(7-5-17)8-9-19-10-12-20(13-11-19)21-14-15-22(24)23(25)16-21/h2-3,14-20H,4-13H2,1H3/t17-,18-,19-,20-. The Balaban J connectivity index is 1.39. The molecule has 2 heteroatoms. The van der Waals surface area contributed by atoms with Gasteiger partial charge in [0.15, 0.2) is 0 Å². The van der Waals surface area contributed by atoms with Crippen LogP contribution in [0, 0.1) is 17.8 Å². The van der Waals surface area contributed by atoms with E-state index in [1.165, 1.54) is 69.8 Å². The first-order valence-corrected chi connectivity index (χ1v) is 11.0. The molecule has 3 rings (SSSR count). The summed E-state index contributed by atoms with van der Waals surface area (Å²) in [5.74, 6) is 3.49. The minimum Gasteiger partial charge on any atom is -0.0914 e. The van der Waals surface area contributed by atoms with Crippen LogP contribution in [0.2, 0.25) is 10.0 Å². The van der Waals surface area contributed by atoms with E-state index in [2.05, 4.69) is 31.2 Å². The van der Waals surface area contributed by atoms with Gasteiger partial charge in [0.1, 0.15) is 0 Å². The van der Waals surface area contributed by atoms with Gasteiger partial charge in [-0.2, -0.15) is 0 Å². The van der Waals surface area contributed by atoms with Crippen LogP contribution >= 0.6 is 23.2 Å².